The Kier molecular flexibility index (Phi) is 8.11. The van der Waals surface area contributed by atoms with Gasteiger partial charge in [-0.3, -0.25) is 14.8 Å². The molecule has 0 saturated carbocycles. The molecule has 0 saturated heterocycles. The number of rotatable bonds is 9. The average Bonchev–Trinajstić information content (AvgIpc) is 2.77. The van der Waals surface area contributed by atoms with Gasteiger partial charge in [0, 0.05) is 18.4 Å². The second-order valence-corrected chi connectivity index (χ2v) is 7.32. The maximum absolute atomic E-state index is 14.5. The molecule has 34 heavy (non-hydrogen) atoms. The van der Waals surface area contributed by atoms with Crippen molar-refractivity contribution in [2.75, 3.05) is 13.2 Å². The third-order valence-electron chi connectivity index (χ3n) is 4.63. The van der Waals surface area contributed by atoms with Crippen molar-refractivity contribution in [3.05, 3.63) is 77.8 Å². The van der Waals surface area contributed by atoms with Gasteiger partial charge < -0.3 is 15.2 Å². The molecule has 3 rings (SSSR count). The van der Waals surface area contributed by atoms with Crippen LogP contribution >= 0.6 is 0 Å². The normalized spacial score (nSPS) is 12.3. The van der Waals surface area contributed by atoms with Crippen molar-refractivity contribution in [1.29, 1.82) is 0 Å². The van der Waals surface area contributed by atoms with Crippen molar-refractivity contribution >= 4 is 5.91 Å². The number of nitrogens with zero attached hydrogens (tertiary/aromatic N) is 2. The summed E-state index contributed by atoms with van der Waals surface area (Å²) >= 11 is 0. The van der Waals surface area contributed by atoms with Gasteiger partial charge in [0.15, 0.2) is 6.61 Å². The Bertz CT molecular complexity index is 1120. The molecule has 0 bridgehead atoms. The third kappa shape index (κ3) is 7.20. The lowest BCUT2D eigenvalue weighted by atomic mass is 10.1. The number of carbonyl (C=O) groups excluding carboxylic acids is 1. The number of halogens is 5. The highest BCUT2D eigenvalue weighted by Gasteiger charge is 2.28. The molecule has 0 radical (unpaired) electrons. The Hall–Kier alpha value is -3.60. The van der Waals surface area contributed by atoms with Crippen molar-refractivity contribution in [3.63, 3.8) is 0 Å². The second kappa shape index (κ2) is 11.0. The highest BCUT2D eigenvalue weighted by molar-refractivity contribution is 5.79. The zero-order valence-electron chi connectivity index (χ0n) is 17.6. The fourth-order valence-electron chi connectivity index (χ4n) is 3.12. The SMILES string of the molecule is O=C(Cc1cnc(-c2cccc(F)c2)c(F)c1)NC(CCO)c1ccc(OCC(F)(F)F)cn1. The molecular formula is C23H20F5N3O3. The fourth-order valence-corrected chi connectivity index (χ4v) is 3.12. The van der Waals surface area contributed by atoms with E-state index < -0.39 is 36.4 Å². The zero-order valence-corrected chi connectivity index (χ0v) is 17.6. The first-order valence-electron chi connectivity index (χ1n) is 10.1. The lowest BCUT2D eigenvalue weighted by Gasteiger charge is -2.18. The van der Waals surface area contributed by atoms with Crippen molar-refractivity contribution < 1.29 is 36.6 Å². The van der Waals surface area contributed by atoms with E-state index in [0.717, 1.165) is 18.3 Å². The topological polar surface area (TPSA) is 84.3 Å². The van der Waals surface area contributed by atoms with E-state index in [9.17, 15) is 31.9 Å². The van der Waals surface area contributed by atoms with Crippen LogP contribution in [0.2, 0.25) is 0 Å². The third-order valence-corrected chi connectivity index (χ3v) is 4.63. The molecule has 0 aliphatic rings. The van der Waals surface area contributed by atoms with Crippen LogP contribution in [0.5, 0.6) is 5.75 Å². The number of nitrogens with one attached hydrogen (secondary N) is 1. The smallest absolute Gasteiger partial charge is 0.422 e. The minimum absolute atomic E-state index is 0.0566. The van der Waals surface area contributed by atoms with Crippen LogP contribution in [-0.4, -0.2) is 40.4 Å². The summed E-state index contributed by atoms with van der Waals surface area (Å²) in [6.07, 6.45) is -2.25. The average molecular weight is 481 g/mol. The Balaban J connectivity index is 1.65. The van der Waals surface area contributed by atoms with Gasteiger partial charge in [-0.05, 0) is 42.3 Å². The van der Waals surface area contributed by atoms with Crippen LogP contribution in [0.1, 0.15) is 23.7 Å². The standard InChI is InChI=1S/C23H20F5N3O3/c24-16-3-1-2-15(10-16)22-18(25)8-14(11-30-22)9-21(33)31-20(6-7-32)19-5-4-17(12-29-19)34-13-23(26,27)28/h1-5,8,10-12,20,32H,6-7,9,13H2,(H,31,33). The van der Waals surface area contributed by atoms with Gasteiger partial charge in [0.1, 0.15) is 23.1 Å². The van der Waals surface area contributed by atoms with Crippen molar-refractivity contribution in [3.8, 4) is 17.0 Å². The van der Waals surface area contributed by atoms with E-state index in [2.05, 4.69) is 20.0 Å². The molecular weight excluding hydrogens is 461 g/mol. The first-order chi connectivity index (χ1) is 16.1. The number of pyridine rings is 2. The maximum Gasteiger partial charge on any atom is 0.422 e. The Morgan fingerprint density at radius 2 is 1.88 bits per heavy atom. The molecule has 3 aromatic rings. The van der Waals surface area contributed by atoms with Gasteiger partial charge in [-0.1, -0.05) is 12.1 Å². The van der Waals surface area contributed by atoms with Crippen molar-refractivity contribution in [1.82, 2.24) is 15.3 Å². The van der Waals surface area contributed by atoms with Crippen molar-refractivity contribution in [2.45, 2.75) is 25.1 Å². The number of hydrogen-bond acceptors (Lipinski definition) is 5. The molecule has 2 heterocycles. The molecule has 1 unspecified atom stereocenters. The molecule has 1 atom stereocenters. The monoisotopic (exact) mass is 481 g/mol. The van der Waals surface area contributed by atoms with Crippen LogP contribution in [0.3, 0.4) is 0 Å². The molecule has 11 heteroatoms. The van der Waals surface area contributed by atoms with Gasteiger partial charge in [0.2, 0.25) is 5.91 Å². The number of hydrogen-bond donors (Lipinski definition) is 2. The second-order valence-electron chi connectivity index (χ2n) is 7.32. The number of benzene rings is 1. The number of ether oxygens (including phenoxy) is 1. The summed E-state index contributed by atoms with van der Waals surface area (Å²) in [6, 6.07) is 8.34. The zero-order chi connectivity index (χ0) is 24.7. The van der Waals surface area contributed by atoms with Crippen LogP contribution in [0, 0.1) is 11.6 Å². The van der Waals surface area contributed by atoms with E-state index >= 15 is 0 Å². The Labute approximate surface area is 191 Å². The quantitative estimate of drug-likeness (QED) is 0.449. The molecule has 1 amide bonds. The van der Waals surface area contributed by atoms with Crippen molar-refractivity contribution in [2.24, 2.45) is 0 Å². The summed E-state index contributed by atoms with van der Waals surface area (Å²) < 4.78 is 69.3. The number of alkyl halides is 3. The van der Waals surface area contributed by atoms with Gasteiger partial charge in [-0.2, -0.15) is 13.2 Å². The maximum atomic E-state index is 14.5. The number of aromatic nitrogens is 2. The first-order valence-corrected chi connectivity index (χ1v) is 10.1. The summed E-state index contributed by atoms with van der Waals surface area (Å²) in [4.78, 5) is 20.5. The summed E-state index contributed by atoms with van der Waals surface area (Å²) in [5.74, 6) is -1.88. The molecule has 1 aromatic carbocycles. The summed E-state index contributed by atoms with van der Waals surface area (Å²) in [5.41, 5.74) is 0.762. The number of aliphatic hydroxyl groups excluding tert-OH is 1. The van der Waals surface area contributed by atoms with Crippen LogP contribution in [0.15, 0.2) is 54.9 Å². The van der Waals surface area contributed by atoms with E-state index in [-0.39, 0.29) is 42.0 Å². The van der Waals surface area contributed by atoms with Gasteiger partial charge in [-0.15, -0.1) is 0 Å². The van der Waals surface area contributed by atoms with Crippen LogP contribution in [-0.2, 0) is 11.2 Å². The molecule has 0 aliphatic heterocycles. The molecule has 0 aliphatic carbocycles. The molecule has 2 aromatic heterocycles. The first kappa shape index (κ1) is 25.0. The lowest BCUT2D eigenvalue weighted by molar-refractivity contribution is -0.153. The largest absolute Gasteiger partial charge is 0.483 e. The molecule has 0 fully saturated rings. The summed E-state index contributed by atoms with van der Waals surface area (Å²) in [6.45, 7) is -1.76. The Morgan fingerprint density at radius 1 is 1.09 bits per heavy atom. The minimum atomic E-state index is -4.49. The van der Waals surface area contributed by atoms with Gasteiger partial charge in [0.05, 0.1) is 24.4 Å². The molecule has 180 valence electrons. The predicted molar refractivity (Wildman–Crippen MR) is 112 cm³/mol. The van der Waals surface area contributed by atoms with Crippen LogP contribution in [0.25, 0.3) is 11.3 Å². The Morgan fingerprint density at radius 3 is 2.50 bits per heavy atom. The van der Waals surface area contributed by atoms with E-state index in [0.29, 0.717) is 5.69 Å². The highest BCUT2D eigenvalue weighted by atomic mass is 19.4. The lowest BCUT2D eigenvalue weighted by Crippen LogP contribution is -2.31. The van der Waals surface area contributed by atoms with E-state index in [4.69, 9.17) is 0 Å². The van der Waals surface area contributed by atoms with Crippen LogP contribution in [0.4, 0.5) is 22.0 Å². The highest BCUT2D eigenvalue weighted by Crippen LogP contribution is 2.23. The summed E-state index contributed by atoms with van der Waals surface area (Å²) in [7, 11) is 0. The number of aliphatic hydroxyl groups is 1. The number of carbonyl (C=O) groups is 1. The van der Waals surface area contributed by atoms with E-state index in [1.807, 2.05) is 0 Å². The van der Waals surface area contributed by atoms with Gasteiger partial charge in [0.25, 0.3) is 0 Å². The van der Waals surface area contributed by atoms with Gasteiger partial charge in [-0.25, -0.2) is 8.78 Å². The molecule has 2 N–H and O–H groups in total. The predicted octanol–water partition coefficient (Wildman–Crippen LogP) is 4.15. The van der Waals surface area contributed by atoms with Crippen LogP contribution < -0.4 is 10.1 Å². The fraction of sp³-hybridized carbons (Fsp3) is 0.261. The minimum Gasteiger partial charge on any atom is -0.483 e. The molecule has 6 nitrogen and oxygen atoms in total. The van der Waals surface area contributed by atoms with E-state index in [1.54, 1.807) is 0 Å². The molecule has 0 spiro atoms. The number of amides is 1. The van der Waals surface area contributed by atoms with Gasteiger partial charge >= 0.3 is 6.18 Å². The summed E-state index contributed by atoms with van der Waals surface area (Å²) in [5, 5.41) is 12.0. The van der Waals surface area contributed by atoms with E-state index in [1.165, 1.54) is 36.5 Å².